The summed E-state index contributed by atoms with van der Waals surface area (Å²) in [6.45, 7) is 1.47. The minimum absolute atomic E-state index is 0.106. The van der Waals surface area contributed by atoms with E-state index in [2.05, 4.69) is 16.0 Å². The molecule has 0 radical (unpaired) electrons. The van der Waals surface area contributed by atoms with Crippen molar-refractivity contribution in [3.05, 3.63) is 24.3 Å². The number of anilines is 2. The second kappa shape index (κ2) is 5.76. The topological polar surface area (TPSA) is 70.2 Å². The molecule has 3 rings (SSSR count). The average Bonchev–Trinajstić information content (AvgIpc) is 3.30. The molecular weight excluding hydrogens is 266 g/mol. The fourth-order valence-corrected chi connectivity index (χ4v) is 2.69. The van der Waals surface area contributed by atoms with Crippen molar-refractivity contribution >= 4 is 23.3 Å². The largest absolute Gasteiger partial charge is 0.335 e. The Morgan fingerprint density at radius 2 is 1.43 bits per heavy atom. The van der Waals surface area contributed by atoms with Gasteiger partial charge in [-0.25, -0.2) is 4.79 Å². The molecule has 0 aromatic heterocycles. The van der Waals surface area contributed by atoms with Crippen LogP contribution in [0.25, 0.3) is 0 Å². The van der Waals surface area contributed by atoms with Crippen molar-refractivity contribution in [2.75, 3.05) is 10.6 Å². The first kappa shape index (κ1) is 13.9. The highest BCUT2D eigenvalue weighted by atomic mass is 16.2. The summed E-state index contributed by atoms with van der Waals surface area (Å²) >= 11 is 0. The first-order valence-electron chi connectivity index (χ1n) is 7.57. The van der Waals surface area contributed by atoms with Gasteiger partial charge in [0.2, 0.25) is 5.91 Å². The normalized spacial score (nSPS) is 17.4. The zero-order valence-electron chi connectivity index (χ0n) is 12.2. The summed E-state index contributed by atoms with van der Waals surface area (Å²) in [6.07, 6.45) is 4.97. The van der Waals surface area contributed by atoms with Gasteiger partial charge >= 0.3 is 6.03 Å². The van der Waals surface area contributed by atoms with E-state index in [4.69, 9.17) is 0 Å². The van der Waals surface area contributed by atoms with Gasteiger partial charge in [0.1, 0.15) is 0 Å². The number of amides is 3. The summed E-state index contributed by atoms with van der Waals surface area (Å²) in [5.41, 5.74) is 1.45. The predicted octanol–water partition coefficient (Wildman–Crippen LogP) is 2.96. The second-order valence-electron chi connectivity index (χ2n) is 6.06. The lowest BCUT2D eigenvalue weighted by Gasteiger charge is -2.18. The monoisotopic (exact) mass is 287 g/mol. The van der Waals surface area contributed by atoms with Gasteiger partial charge in [-0.3, -0.25) is 4.79 Å². The summed E-state index contributed by atoms with van der Waals surface area (Å²) < 4.78 is 0. The van der Waals surface area contributed by atoms with E-state index in [9.17, 15) is 9.59 Å². The van der Waals surface area contributed by atoms with E-state index in [0.717, 1.165) is 11.4 Å². The fourth-order valence-electron chi connectivity index (χ4n) is 2.69. The molecule has 5 heteroatoms. The third kappa shape index (κ3) is 3.97. The van der Waals surface area contributed by atoms with Crippen LogP contribution in [0, 0.1) is 11.8 Å². The van der Waals surface area contributed by atoms with Crippen LogP contribution in [0.15, 0.2) is 24.3 Å². The molecule has 21 heavy (non-hydrogen) atoms. The van der Waals surface area contributed by atoms with Crippen LogP contribution >= 0.6 is 0 Å². The Hall–Kier alpha value is -2.04. The van der Waals surface area contributed by atoms with Crippen molar-refractivity contribution < 1.29 is 9.59 Å². The number of rotatable bonds is 5. The molecule has 2 fully saturated rings. The quantitative estimate of drug-likeness (QED) is 0.779. The Morgan fingerprint density at radius 3 is 1.86 bits per heavy atom. The van der Waals surface area contributed by atoms with Crippen molar-refractivity contribution in [1.82, 2.24) is 5.32 Å². The van der Waals surface area contributed by atoms with Crippen LogP contribution in [-0.4, -0.2) is 18.0 Å². The molecule has 5 nitrogen and oxygen atoms in total. The van der Waals surface area contributed by atoms with E-state index in [1.54, 1.807) is 24.3 Å². The molecule has 0 heterocycles. The summed E-state index contributed by atoms with van der Waals surface area (Å²) in [7, 11) is 0. The maximum Gasteiger partial charge on any atom is 0.319 e. The molecule has 3 N–H and O–H groups in total. The molecule has 0 atom stereocenters. The Bertz CT molecular complexity index is 521. The molecular formula is C16H21N3O2. The second-order valence-corrected chi connectivity index (χ2v) is 6.06. The number of nitrogens with one attached hydrogen (secondary N) is 3. The standard InChI is InChI=1S/C16H21N3O2/c1-10(20)17-13-6-8-14(9-7-13)18-16(21)19-15(11-2-3-11)12-4-5-12/h6-9,11-12,15H,2-5H2,1H3,(H,17,20)(H2,18,19,21). The Kier molecular flexibility index (Phi) is 3.82. The zero-order chi connectivity index (χ0) is 14.8. The lowest BCUT2D eigenvalue weighted by Crippen LogP contribution is -2.40. The van der Waals surface area contributed by atoms with Gasteiger partial charge < -0.3 is 16.0 Å². The number of hydrogen-bond acceptors (Lipinski definition) is 2. The molecule has 3 amide bonds. The summed E-state index contributed by atoms with van der Waals surface area (Å²) in [6, 6.07) is 7.34. The van der Waals surface area contributed by atoms with Gasteiger partial charge in [-0.15, -0.1) is 0 Å². The molecule has 112 valence electrons. The lowest BCUT2D eigenvalue weighted by molar-refractivity contribution is -0.114. The van der Waals surface area contributed by atoms with E-state index < -0.39 is 0 Å². The molecule has 1 aromatic rings. The molecule has 0 unspecified atom stereocenters. The molecule has 0 aliphatic heterocycles. The van der Waals surface area contributed by atoms with Gasteiger partial charge in [-0.05, 0) is 61.8 Å². The number of carbonyl (C=O) groups excluding carboxylic acids is 2. The summed E-state index contributed by atoms with van der Waals surface area (Å²) in [4.78, 5) is 23.0. The van der Waals surface area contributed by atoms with Crippen molar-refractivity contribution in [2.45, 2.75) is 38.6 Å². The Balaban J connectivity index is 1.52. The minimum atomic E-state index is -0.133. The molecule has 2 saturated carbocycles. The third-order valence-corrected chi connectivity index (χ3v) is 4.02. The van der Waals surface area contributed by atoms with E-state index in [-0.39, 0.29) is 11.9 Å². The first-order chi connectivity index (χ1) is 10.1. The van der Waals surface area contributed by atoms with Gasteiger partial charge in [-0.2, -0.15) is 0 Å². The molecule has 0 spiro atoms. The SMILES string of the molecule is CC(=O)Nc1ccc(NC(=O)NC(C2CC2)C2CC2)cc1. The van der Waals surface area contributed by atoms with Crippen molar-refractivity contribution in [1.29, 1.82) is 0 Å². The van der Waals surface area contributed by atoms with Crippen LogP contribution in [0.3, 0.4) is 0 Å². The fraction of sp³-hybridized carbons (Fsp3) is 0.500. The molecule has 0 saturated heterocycles. The van der Waals surface area contributed by atoms with E-state index in [0.29, 0.717) is 17.9 Å². The van der Waals surface area contributed by atoms with Crippen molar-refractivity contribution in [3.8, 4) is 0 Å². The third-order valence-electron chi connectivity index (χ3n) is 4.02. The van der Waals surface area contributed by atoms with Crippen LogP contribution in [0.1, 0.15) is 32.6 Å². The highest BCUT2D eigenvalue weighted by Gasteiger charge is 2.42. The maximum atomic E-state index is 12.1. The molecule has 2 aliphatic carbocycles. The van der Waals surface area contributed by atoms with Gasteiger partial charge in [0.15, 0.2) is 0 Å². The van der Waals surface area contributed by atoms with E-state index in [1.807, 2.05) is 0 Å². The van der Waals surface area contributed by atoms with Crippen LogP contribution in [-0.2, 0) is 4.79 Å². The maximum absolute atomic E-state index is 12.1. The van der Waals surface area contributed by atoms with E-state index in [1.165, 1.54) is 32.6 Å². The Labute approximate surface area is 124 Å². The van der Waals surface area contributed by atoms with Crippen molar-refractivity contribution in [2.24, 2.45) is 11.8 Å². The molecule has 2 aliphatic rings. The molecule has 0 bridgehead atoms. The van der Waals surface area contributed by atoms with Gasteiger partial charge in [-0.1, -0.05) is 0 Å². The minimum Gasteiger partial charge on any atom is -0.335 e. The Morgan fingerprint density at radius 1 is 0.952 bits per heavy atom. The van der Waals surface area contributed by atoms with Crippen LogP contribution in [0.5, 0.6) is 0 Å². The van der Waals surface area contributed by atoms with Crippen LogP contribution in [0.4, 0.5) is 16.2 Å². The van der Waals surface area contributed by atoms with E-state index >= 15 is 0 Å². The van der Waals surface area contributed by atoms with Crippen LogP contribution < -0.4 is 16.0 Å². The number of carbonyl (C=O) groups is 2. The molecule has 1 aromatic carbocycles. The van der Waals surface area contributed by atoms with Crippen molar-refractivity contribution in [3.63, 3.8) is 0 Å². The summed E-state index contributed by atoms with van der Waals surface area (Å²) in [5, 5.41) is 8.67. The number of hydrogen-bond donors (Lipinski definition) is 3. The summed E-state index contributed by atoms with van der Waals surface area (Å²) in [5.74, 6) is 1.26. The first-order valence-corrected chi connectivity index (χ1v) is 7.57. The highest BCUT2D eigenvalue weighted by Crippen LogP contribution is 2.44. The predicted molar refractivity (Wildman–Crippen MR) is 82.1 cm³/mol. The number of benzene rings is 1. The van der Waals surface area contributed by atoms with Gasteiger partial charge in [0.25, 0.3) is 0 Å². The average molecular weight is 287 g/mol. The van der Waals surface area contributed by atoms with Gasteiger partial charge in [0, 0.05) is 24.3 Å². The number of urea groups is 1. The van der Waals surface area contributed by atoms with Crippen LogP contribution in [0.2, 0.25) is 0 Å². The highest BCUT2D eigenvalue weighted by molar-refractivity contribution is 5.91. The smallest absolute Gasteiger partial charge is 0.319 e. The lowest BCUT2D eigenvalue weighted by atomic mass is 10.1. The van der Waals surface area contributed by atoms with Gasteiger partial charge in [0.05, 0.1) is 0 Å². The zero-order valence-corrected chi connectivity index (χ0v) is 12.2.